The lowest BCUT2D eigenvalue weighted by Gasteiger charge is -2.20. The molecule has 2 unspecified atom stereocenters. The number of aryl methyl sites for hydroxylation is 1. The van der Waals surface area contributed by atoms with Gasteiger partial charge in [-0.25, -0.2) is 4.79 Å². The normalized spacial score (nSPS) is 13.5. The van der Waals surface area contributed by atoms with Crippen molar-refractivity contribution >= 4 is 8.38 Å². The molecule has 0 aliphatic heterocycles. The summed E-state index contributed by atoms with van der Waals surface area (Å²) in [4.78, 5) is 23.3. The molecule has 7 nitrogen and oxygen atoms in total. The minimum Gasteiger partial charge on any atom is -0.333 e. The Bertz CT molecular complexity index is 620. The van der Waals surface area contributed by atoms with Crippen LogP contribution in [-0.4, -0.2) is 28.5 Å². The maximum atomic E-state index is 11.9. The summed E-state index contributed by atoms with van der Waals surface area (Å²) in [6.45, 7) is 4.71. The van der Waals surface area contributed by atoms with E-state index >= 15 is 0 Å². The molecule has 0 aromatic carbocycles. The van der Waals surface area contributed by atoms with Crippen LogP contribution in [0.4, 0.5) is 0 Å². The lowest BCUT2D eigenvalue weighted by atomic mass is 10.2. The number of aromatic nitrogens is 2. The van der Waals surface area contributed by atoms with Crippen LogP contribution in [0.15, 0.2) is 21.9 Å². The van der Waals surface area contributed by atoms with E-state index in [4.69, 9.17) is 14.3 Å². The molecule has 22 heavy (non-hydrogen) atoms. The predicted molar refractivity (Wildman–Crippen MR) is 84.8 cm³/mol. The molecule has 0 radical (unpaired) electrons. The van der Waals surface area contributed by atoms with Crippen LogP contribution in [0.3, 0.4) is 0 Å². The molecule has 122 valence electrons. The molecule has 0 spiro atoms. The van der Waals surface area contributed by atoms with E-state index in [9.17, 15) is 9.59 Å². The van der Waals surface area contributed by atoms with Gasteiger partial charge in [0.05, 0.1) is 25.2 Å². The zero-order valence-corrected chi connectivity index (χ0v) is 14.1. The molecule has 1 aromatic heterocycles. The molecule has 1 rings (SSSR count). The van der Waals surface area contributed by atoms with Crippen molar-refractivity contribution in [3.05, 3.63) is 33.1 Å². The highest BCUT2D eigenvalue weighted by Crippen LogP contribution is 2.36. The van der Waals surface area contributed by atoms with E-state index in [0.717, 1.165) is 11.0 Å². The van der Waals surface area contributed by atoms with E-state index in [0.29, 0.717) is 26.0 Å². The van der Waals surface area contributed by atoms with Gasteiger partial charge in [0.25, 0.3) is 5.56 Å². The van der Waals surface area contributed by atoms with E-state index in [2.05, 4.69) is 0 Å². The van der Waals surface area contributed by atoms with E-state index in [-0.39, 0.29) is 17.4 Å². The fourth-order valence-electron chi connectivity index (χ4n) is 1.86. The van der Waals surface area contributed by atoms with Crippen molar-refractivity contribution in [3.8, 4) is 6.07 Å². The second-order valence-corrected chi connectivity index (χ2v) is 6.14. The van der Waals surface area contributed by atoms with Crippen molar-refractivity contribution in [2.24, 2.45) is 7.05 Å². The highest BCUT2D eigenvalue weighted by molar-refractivity contribution is 7.46. The number of hydrogen-bond acceptors (Lipinski definition) is 5. The zero-order chi connectivity index (χ0) is 16.5. The third kappa shape index (κ3) is 5.72. The molecule has 0 N–H and O–H groups in total. The summed E-state index contributed by atoms with van der Waals surface area (Å²) < 4.78 is 13.8. The summed E-state index contributed by atoms with van der Waals surface area (Å²) in [5, 5.41) is 8.47. The van der Waals surface area contributed by atoms with E-state index < -0.39 is 8.38 Å². The van der Waals surface area contributed by atoms with Gasteiger partial charge < -0.3 is 13.6 Å². The Balaban J connectivity index is 2.54. The quantitative estimate of drug-likeness (QED) is 0.508. The van der Waals surface area contributed by atoms with Crippen LogP contribution in [0, 0.1) is 11.3 Å². The Labute approximate surface area is 131 Å². The molecule has 0 saturated heterocycles. The first-order valence-electron chi connectivity index (χ1n) is 7.16. The number of nitriles is 1. The van der Waals surface area contributed by atoms with Crippen LogP contribution in [0.25, 0.3) is 0 Å². The monoisotopic (exact) mass is 327 g/mol. The van der Waals surface area contributed by atoms with Crippen molar-refractivity contribution in [2.75, 3.05) is 13.3 Å². The molecular weight excluding hydrogens is 305 g/mol. The van der Waals surface area contributed by atoms with E-state index in [1.165, 1.54) is 23.9 Å². The van der Waals surface area contributed by atoms with Crippen molar-refractivity contribution in [1.82, 2.24) is 9.13 Å². The summed E-state index contributed by atoms with van der Waals surface area (Å²) in [5.41, 5.74) is -0.640. The minimum absolute atomic E-state index is 0.0256. The van der Waals surface area contributed by atoms with Gasteiger partial charge in [-0.15, -0.1) is 0 Å². The predicted octanol–water partition coefficient (Wildman–Crippen LogP) is 1.60. The number of hydrogen-bond donors (Lipinski definition) is 0. The average Bonchev–Trinajstić information content (AvgIpc) is 2.51. The van der Waals surface area contributed by atoms with Crippen LogP contribution >= 0.6 is 8.38 Å². The van der Waals surface area contributed by atoms with E-state index in [1.54, 1.807) is 0 Å². The SMILES string of the molecule is CCC(CCn1ccc(=O)n(C)c1=O)OP(C)OCCC#N. The second kappa shape index (κ2) is 9.52. The molecule has 8 heteroatoms. The van der Waals surface area contributed by atoms with E-state index in [1.807, 2.05) is 19.7 Å². The fraction of sp³-hybridized carbons (Fsp3) is 0.643. The fourth-order valence-corrected chi connectivity index (χ4v) is 2.94. The summed E-state index contributed by atoms with van der Waals surface area (Å²) in [6.07, 6.45) is 3.29. The van der Waals surface area contributed by atoms with Crippen molar-refractivity contribution < 1.29 is 9.05 Å². The zero-order valence-electron chi connectivity index (χ0n) is 13.2. The first kappa shape index (κ1) is 18.6. The summed E-state index contributed by atoms with van der Waals surface area (Å²) in [7, 11) is 0.431. The molecule has 0 fully saturated rings. The molecule has 0 aliphatic carbocycles. The number of rotatable bonds is 9. The molecule has 0 amide bonds. The van der Waals surface area contributed by atoms with Crippen molar-refractivity contribution in [2.45, 2.75) is 38.8 Å². The molecule has 0 aliphatic rings. The average molecular weight is 327 g/mol. The maximum absolute atomic E-state index is 11.9. The summed E-state index contributed by atoms with van der Waals surface area (Å²) >= 11 is 0. The number of nitrogens with zero attached hydrogens (tertiary/aromatic N) is 3. The molecule has 0 saturated carbocycles. The van der Waals surface area contributed by atoms with Crippen LogP contribution in [-0.2, 0) is 22.6 Å². The summed E-state index contributed by atoms with van der Waals surface area (Å²) in [5.74, 6) is 0. The van der Waals surface area contributed by atoms with Gasteiger partial charge in [-0.1, -0.05) is 6.92 Å². The smallest absolute Gasteiger partial charge is 0.330 e. The third-order valence-corrected chi connectivity index (χ3v) is 4.33. The van der Waals surface area contributed by atoms with Gasteiger partial charge in [0.1, 0.15) is 0 Å². The third-order valence-electron chi connectivity index (χ3n) is 3.19. The Morgan fingerprint density at radius 3 is 2.82 bits per heavy atom. The van der Waals surface area contributed by atoms with Crippen LogP contribution in [0.1, 0.15) is 26.2 Å². The van der Waals surface area contributed by atoms with Gasteiger partial charge in [-0.05, 0) is 12.8 Å². The van der Waals surface area contributed by atoms with Gasteiger partial charge in [-0.2, -0.15) is 5.26 Å². The first-order chi connectivity index (χ1) is 10.5. The van der Waals surface area contributed by atoms with Gasteiger partial charge in [-0.3, -0.25) is 9.36 Å². The first-order valence-corrected chi connectivity index (χ1v) is 8.78. The van der Waals surface area contributed by atoms with Crippen LogP contribution < -0.4 is 11.2 Å². The second-order valence-electron chi connectivity index (χ2n) is 4.79. The molecular formula is C14H22N3O4P. The van der Waals surface area contributed by atoms with Gasteiger partial charge >= 0.3 is 5.69 Å². The lowest BCUT2D eigenvalue weighted by molar-refractivity contribution is 0.164. The minimum atomic E-state index is -1.03. The van der Waals surface area contributed by atoms with Crippen molar-refractivity contribution in [3.63, 3.8) is 0 Å². The molecule has 1 heterocycles. The summed E-state index contributed by atoms with van der Waals surface area (Å²) in [6, 6.07) is 3.39. The Hall–Kier alpha value is -1.48. The molecule has 1 aromatic rings. The Morgan fingerprint density at radius 1 is 1.45 bits per heavy atom. The molecule has 0 bridgehead atoms. The Morgan fingerprint density at radius 2 is 2.18 bits per heavy atom. The highest BCUT2D eigenvalue weighted by atomic mass is 31.2. The standard InChI is InChI=1S/C14H22N3O4P/c1-4-12(21-22(3)20-11-5-8-15)6-9-17-10-7-13(18)16(2)14(17)19/h7,10,12H,4-6,9,11H2,1-3H3. The lowest BCUT2D eigenvalue weighted by Crippen LogP contribution is -2.37. The Kier molecular flexibility index (Phi) is 8.03. The largest absolute Gasteiger partial charge is 0.333 e. The molecule has 2 atom stereocenters. The highest BCUT2D eigenvalue weighted by Gasteiger charge is 2.13. The maximum Gasteiger partial charge on any atom is 0.330 e. The van der Waals surface area contributed by atoms with Gasteiger partial charge in [0.2, 0.25) is 0 Å². The van der Waals surface area contributed by atoms with Crippen LogP contribution in [0.2, 0.25) is 0 Å². The topological polar surface area (TPSA) is 86.2 Å². The van der Waals surface area contributed by atoms with Crippen molar-refractivity contribution in [1.29, 1.82) is 5.26 Å². The van der Waals surface area contributed by atoms with Gasteiger partial charge in [0.15, 0.2) is 8.38 Å². The van der Waals surface area contributed by atoms with Gasteiger partial charge in [0, 0.05) is 32.5 Å². The van der Waals surface area contributed by atoms with Crippen LogP contribution in [0.5, 0.6) is 0 Å².